The molecule has 2 aromatic carbocycles. The highest BCUT2D eigenvalue weighted by Gasteiger charge is 2.13. The number of hydrogen-bond donors (Lipinski definition) is 1. The number of carbonyl (C=O) groups is 1. The number of carbonyl (C=O) groups excluding carboxylic acids is 1. The van der Waals surface area contributed by atoms with E-state index in [-0.39, 0.29) is 0 Å². The van der Waals surface area contributed by atoms with Crippen molar-refractivity contribution in [3.05, 3.63) is 67.0 Å². The first-order chi connectivity index (χ1) is 13.6. The van der Waals surface area contributed by atoms with Crippen LogP contribution in [0.4, 0.5) is 0 Å². The van der Waals surface area contributed by atoms with Crippen LogP contribution in [0.1, 0.15) is 6.92 Å². The fraction of sp³-hybridized carbons (Fsp3) is 0.0952. The lowest BCUT2D eigenvalue weighted by atomic mass is 10.2. The van der Waals surface area contributed by atoms with Crippen molar-refractivity contribution in [3.63, 3.8) is 0 Å². The Kier molecular flexibility index (Phi) is 4.90. The number of primary amides is 1. The molecule has 0 radical (unpaired) electrons. The first kappa shape index (κ1) is 17.9. The average Bonchev–Trinajstić information content (AvgIpc) is 3.15. The molecule has 0 saturated heterocycles. The van der Waals surface area contributed by atoms with Gasteiger partial charge in [0.25, 0.3) is 5.91 Å². The summed E-state index contributed by atoms with van der Waals surface area (Å²) in [6.45, 7) is 1.60. The van der Waals surface area contributed by atoms with E-state index in [1.807, 2.05) is 24.3 Å². The van der Waals surface area contributed by atoms with Crippen LogP contribution in [0.15, 0.2) is 67.0 Å². The van der Waals surface area contributed by atoms with Gasteiger partial charge in [-0.15, -0.1) is 11.3 Å². The van der Waals surface area contributed by atoms with Gasteiger partial charge < -0.3 is 15.2 Å². The van der Waals surface area contributed by atoms with Gasteiger partial charge in [0.2, 0.25) is 5.88 Å². The van der Waals surface area contributed by atoms with Gasteiger partial charge in [0.1, 0.15) is 22.7 Å². The largest absolute Gasteiger partial charge is 0.481 e. The van der Waals surface area contributed by atoms with Crippen molar-refractivity contribution < 1.29 is 14.3 Å². The minimum absolute atomic E-state index is 0.489. The van der Waals surface area contributed by atoms with E-state index in [9.17, 15) is 4.79 Å². The highest BCUT2D eigenvalue weighted by atomic mass is 32.1. The Bertz CT molecular complexity index is 1110. The second-order valence-corrected chi connectivity index (χ2v) is 7.14. The number of thiophene rings is 1. The SMILES string of the molecule is CC(Oc1ccc(Oc2ncnc3sc(-c4ccccc4)cc23)cc1)C(N)=O. The van der Waals surface area contributed by atoms with Gasteiger partial charge in [-0.1, -0.05) is 30.3 Å². The lowest BCUT2D eigenvalue weighted by Gasteiger charge is -2.11. The lowest BCUT2D eigenvalue weighted by Crippen LogP contribution is -2.30. The number of fused-ring (bicyclic) bond motifs is 1. The lowest BCUT2D eigenvalue weighted by molar-refractivity contribution is -0.123. The molecule has 1 amide bonds. The zero-order chi connectivity index (χ0) is 19.5. The van der Waals surface area contributed by atoms with Gasteiger partial charge in [-0.05, 0) is 42.8 Å². The van der Waals surface area contributed by atoms with Gasteiger partial charge in [0, 0.05) is 4.88 Å². The summed E-state index contributed by atoms with van der Waals surface area (Å²) >= 11 is 1.59. The Labute approximate surface area is 165 Å². The van der Waals surface area contributed by atoms with Crippen LogP contribution in [0.2, 0.25) is 0 Å². The summed E-state index contributed by atoms with van der Waals surface area (Å²) < 4.78 is 11.4. The molecule has 0 saturated carbocycles. The summed E-state index contributed by atoms with van der Waals surface area (Å²) in [6.07, 6.45) is 0.796. The topological polar surface area (TPSA) is 87.3 Å². The van der Waals surface area contributed by atoms with Gasteiger partial charge in [0.15, 0.2) is 6.10 Å². The third-order valence-corrected chi connectivity index (χ3v) is 5.20. The summed E-state index contributed by atoms with van der Waals surface area (Å²) in [5.41, 5.74) is 6.34. The van der Waals surface area contributed by atoms with Crippen molar-refractivity contribution in [2.75, 3.05) is 0 Å². The maximum absolute atomic E-state index is 11.1. The van der Waals surface area contributed by atoms with Crippen LogP contribution in [0.5, 0.6) is 17.4 Å². The quantitative estimate of drug-likeness (QED) is 0.526. The minimum atomic E-state index is -0.699. The van der Waals surface area contributed by atoms with E-state index in [0.29, 0.717) is 17.4 Å². The maximum atomic E-state index is 11.1. The van der Waals surface area contributed by atoms with Crippen LogP contribution < -0.4 is 15.2 Å². The summed E-state index contributed by atoms with van der Waals surface area (Å²) in [4.78, 5) is 21.7. The van der Waals surface area contributed by atoms with E-state index >= 15 is 0 Å². The summed E-state index contributed by atoms with van der Waals surface area (Å²) in [5, 5.41) is 0.856. The second kappa shape index (κ2) is 7.66. The summed E-state index contributed by atoms with van der Waals surface area (Å²) in [5.74, 6) is 1.11. The molecule has 140 valence electrons. The molecule has 0 aliphatic heterocycles. The minimum Gasteiger partial charge on any atom is -0.481 e. The van der Waals surface area contributed by atoms with Gasteiger partial charge in [-0.25, -0.2) is 9.97 Å². The van der Waals surface area contributed by atoms with Crippen LogP contribution in [-0.2, 0) is 4.79 Å². The highest BCUT2D eigenvalue weighted by Crippen LogP contribution is 2.37. The third-order valence-electron chi connectivity index (χ3n) is 4.10. The number of hydrogen-bond acceptors (Lipinski definition) is 6. The van der Waals surface area contributed by atoms with Crippen molar-refractivity contribution >= 4 is 27.5 Å². The van der Waals surface area contributed by atoms with Crippen LogP contribution in [0, 0.1) is 0 Å². The number of rotatable bonds is 6. The molecular formula is C21H17N3O3S. The van der Waals surface area contributed by atoms with E-state index in [2.05, 4.69) is 22.1 Å². The number of nitrogens with two attached hydrogens (primary N) is 1. The predicted molar refractivity (Wildman–Crippen MR) is 109 cm³/mol. The summed E-state index contributed by atoms with van der Waals surface area (Å²) in [6, 6.07) is 19.1. The van der Waals surface area contributed by atoms with Crippen molar-refractivity contribution in [1.82, 2.24) is 9.97 Å². The molecule has 4 aromatic rings. The fourth-order valence-corrected chi connectivity index (χ4v) is 3.61. The first-order valence-electron chi connectivity index (χ1n) is 8.64. The number of nitrogens with zero attached hydrogens (tertiary/aromatic N) is 2. The molecule has 0 fully saturated rings. The molecule has 0 spiro atoms. The second-order valence-electron chi connectivity index (χ2n) is 6.11. The van der Waals surface area contributed by atoms with Crippen molar-refractivity contribution in [2.24, 2.45) is 5.73 Å². The molecule has 2 heterocycles. The van der Waals surface area contributed by atoms with Crippen LogP contribution >= 0.6 is 11.3 Å². The van der Waals surface area contributed by atoms with Gasteiger partial charge >= 0.3 is 0 Å². The highest BCUT2D eigenvalue weighted by molar-refractivity contribution is 7.21. The molecule has 28 heavy (non-hydrogen) atoms. The first-order valence-corrected chi connectivity index (χ1v) is 9.45. The molecule has 0 bridgehead atoms. The van der Waals surface area contributed by atoms with Crippen LogP contribution in [0.25, 0.3) is 20.7 Å². The monoisotopic (exact) mass is 391 g/mol. The smallest absolute Gasteiger partial charge is 0.258 e. The number of amides is 1. The maximum Gasteiger partial charge on any atom is 0.258 e. The Balaban J connectivity index is 1.58. The van der Waals surface area contributed by atoms with E-state index in [1.54, 1.807) is 42.5 Å². The Hall–Kier alpha value is -3.45. The molecule has 7 heteroatoms. The molecule has 2 aromatic heterocycles. The molecule has 1 unspecified atom stereocenters. The molecule has 0 aliphatic rings. The summed E-state index contributed by atoms with van der Waals surface area (Å²) in [7, 11) is 0. The number of ether oxygens (including phenoxy) is 2. The molecule has 1 atom stereocenters. The van der Waals surface area contributed by atoms with Crippen molar-refractivity contribution in [3.8, 4) is 27.8 Å². The van der Waals surface area contributed by atoms with Gasteiger partial charge in [-0.2, -0.15) is 0 Å². The van der Waals surface area contributed by atoms with Crippen LogP contribution in [-0.4, -0.2) is 22.0 Å². The number of aromatic nitrogens is 2. The van der Waals surface area contributed by atoms with Crippen molar-refractivity contribution in [1.29, 1.82) is 0 Å². The van der Waals surface area contributed by atoms with E-state index in [0.717, 1.165) is 20.7 Å². The van der Waals surface area contributed by atoms with E-state index in [1.165, 1.54) is 6.33 Å². The zero-order valence-corrected chi connectivity index (χ0v) is 15.8. The predicted octanol–water partition coefficient (Wildman–Crippen LogP) is 4.40. The fourth-order valence-electron chi connectivity index (χ4n) is 2.62. The standard InChI is InChI=1S/C21H17N3O3S/c1-13(19(22)25)26-15-7-9-16(10-8-15)27-20-17-11-18(14-5-3-2-4-6-14)28-21(17)24-12-23-20/h2-13H,1H3,(H2,22,25). The molecular weight excluding hydrogens is 374 g/mol. The van der Waals surface area contributed by atoms with Gasteiger partial charge in [0.05, 0.1) is 5.39 Å². The third kappa shape index (κ3) is 3.79. The van der Waals surface area contributed by atoms with E-state index in [4.69, 9.17) is 15.2 Å². The molecule has 2 N–H and O–H groups in total. The average molecular weight is 391 g/mol. The normalized spacial score (nSPS) is 11.9. The number of benzene rings is 2. The zero-order valence-electron chi connectivity index (χ0n) is 15.0. The van der Waals surface area contributed by atoms with Crippen molar-refractivity contribution in [2.45, 2.75) is 13.0 Å². The molecule has 6 nitrogen and oxygen atoms in total. The van der Waals surface area contributed by atoms with E-state index < -0.39 is 12.0 Å². The Morgan fingerprint density at radius 1 is 1.04 bits per heavy atom. The van der Waals surface area contributed by atoms with Crippen LogP contribution in [0.3, 0.4) is 0 Å². The molecule has 4 rings (SSSR count). The Morgan fingerprint density at radius 3 is 2.46 bits per heavy atom. The Morgan fingerprint density at radius 2 is 1.75 bits per heavy atom. The molecule has 0 aliphatic carbocycles. The van der Waals surface area contributed by atoms with Gasteiger partial charge in [-0.3, -0.25) is 4.79 Å².